The molecule has 0 saturated carbocycles. The van der Waals surface area contributed by atoms with Crippen LogP contribution in [0, 0.1) is 0 Å². The summed E-state index contributed by atoms with van der Waals surface area (Å²) in [7, 11) is 4.01. The average molecular weight is 250 g/mol. The lowest BCUT2D eigenvalue weighted by Gasteiger charge is -2.21. The highest BCUT2D eigenvalue weighted by Gasteiger charge is 2.19. The molecule has 1 rings (SSSR count). The summed E-state index contributed by atoms with van der Waals surface area (Å²) in [5.74, 6) is -1.28. The van der Waals surface area contributed by atoms with Crippen LogP contribution in [0.4, 0.5) is 0 Å². The number of aliphatic carboxylic acids is 1. The smallest absolute Gasteiger partial charge is 0.312 e. The van der Waals surface area contributed by atoms with Crippen molar-refractivity contribution in [2.24, 2.45) is 0 Å². The molecule has 2 unspecified atom stereocenters. The molecule has 0 saturated heterocycles. The van der Waals surface area contributed by atoms with Crippen LogP contribution in [0.25, 0.3) is 0 Å². The number of hydrogen-bond donors (Lipinski definition) is 2. The molecule has 4 heteroatoms. The lowest BCUT2D eigenvalue weighted by molar-refractivity contribution is -0.138. The largest absolute Gasteiger partial charge is 0.481 e. The molecule has 4 nitrogen and oxygen atoms in total. The molecule has 0 amide bonds. The zero-order valence-corrected chi connectivity index (χ0v) is 11.3. The first-order chi connectivity index (χ1) is 8.50. The highest BCUT2D eigenvalue weighted by Crippen LogP contribution is 2.14. The van der Waals surface area contributed by atoms with Crippen molar-refractivity contribution >= 4 is 5.97 Å². The molecule has 2 atom stereocenters. The molecule has 0 aliphatic heterocycles. The van der Waals surface area contributed by atoms with Gasteiger partial charge in [0.25, 0.3) is 0 Å². The Morgan fingerprint density at radius 1 is 1.33 bits per heavy atom. The molecule has 0 radical (unpaired) electrons. The number of nitrogens with zero attached hydrogens (tertiary/aromatic N) is 1. The van der Waals surface area contributed by atoms with Gasteiger partial charge < -0.3 is 15.3 Å². The minimum atomic E-state index is -0.786. The van der Waals surface area contributed by atoms with Crippen molar-refractivity contribution in [2.45, 2.75) is 18.9 Å². The van der Waals surface area contributed by atoms with Crippen molar-refractivity contribution in [3.63, 3.8) is 0 Å². The van der Waals surface area contributed by atoms with Gasteiger partial charge in [0.1, 0.15) is 0 Å². The van der Waals surface area contributed by atoms with E-state index >= 15 is 0 Å². The topological polar surface area (TPSA) is 52.6 Å². The Hall–Kier alpha value is -1.39. The third kappa shape index (κ3) is 4.85. The molecule has 0 bridgehead atoms. The van der Waals surface area contributed by atoms with Crippen LogP contribution in [0.15, 0.2) is 30.3 Å². The summed E-state index contributed by atoms with van der Waals surface area (Å²) >= 11 is 0. The van der Waals surface area contributed by atoms with Crippen molar-refractivity contribution < 1.29 is 9.90 Å². The number of nitrogens with one attached hydrogen (secondary N) is 1. The first-order valence-electron chi connectivity index (χ1n) is 6.16. The number of rotatable bonds is 7. The van der Waals surface area contributed by atoms with Crippen LogP contribution in [-0.2, 0) is 4.79 Å². The second-order valence-electron chi connectivity index (χ2n) is 4.87. The van der Waals surface area contributed by atoms with E-state index in [0.29, 0.717) is 6.54 Å². The number of likely N-dealkylation sites (N-methyl/N-ethyl adjacent to an activating group) is 1. The van der Waals surface area contributed by atoms with Gasteiger partial charge in [-0.05, 0) is 26.6 Å². The minimum absolute atomic E-state index is 0.269. The van der Waals surface area contributed by atoms with Crippen molar-refractivity contribution in [1.29, 1.82) is 0 Å². The maximum atomic E-state index is 11.3. The van der Waals surface area contributed by atoms with Crippen LogP contribution < -0.4 is 5.32 Å². The van der Waals surface area contributed by atoms with E-state index in [2.05, 4.69) is 17.1 Å². The molecule has 1 aromatic rings. The molecule has 0 aliphatic carbocycles. The van der Waals surface area contributed by atoms with Crippen LogP contribution >= 0.6 is 0 Å². The first kappa shape index (κ1) is 14.7. The molecule has 100 valence electrons. The Morgan fingerprint density at radius 2 is 1.94 bits per heavy atom. The van der Waals surface area contributed by atoms with E-state index in [1.807, 2.05) is 44.4 Å². The fraction of sp³-hybridized carbons (Fsp3) is 0.500. The van der Waals surface area contributed by atoms with Gasteiger partial charge in [-0.3, -0.25) is 4.79 Å². The maximum Gasteiger partial charge on any atom is 0.312 e. The van der Waals surface area contributed by atoms with E-state index < -0.39 is 11.9 Å². The third-order valence-electron chi connectivity index (χ3n) is 2.81. The van der Waals surface area contributed by atoms with Gasteiger partial charge in [0.15, 0.2) is 0 Å². The lowest BCUT2D eigenvalue weighted by Crippen LogP contribution is -2.39. The minimum Gasteiger partial charge on any atom is -0.481 e. The second-order valence-corrected chi connectivity index (χ2v) is 4.87. The number of carboxylic acids is 1. The van der Waals surface area contributed by atoms with Gasteiger partial charge >= 0.3 is 5.97 Å². The fourth-order valence-corrected chi connectivity index (χ4v) is 1.96. The molecule has 2 N–H and O–H groups in total. The van der Waals surface area contributed by atoms with Gasteiger partial charge in [0.05, 0.1) is 5.92 Å². The quantitative estimate of drug-likeness (QED) is 0.768. The number of carbonyl (C=O) groups is 1. The van der Waals surface area contributed by atoms with Crippen molar-refractivity contribution in [3.05, 3.63) is 35.9 Å². The molecule has 0 spiro atoms. The van der Waals surface area contributed by atoms with E-state index in [4.69, 9.17) is 0 Å². The maximum absolute atomic E-state index is 11.3. The normalized spacial score (nSPS) is 14.4. The van der Waals surface area contributed by atoms with E-state index in [1.165, 1.54) is 0 Å². The molecule has 1 aromatic carbocycles. The SMILES string of the molecule is CC(CN(C)C)NCC(C(=O)O)c1ccccc1. The van der Waals surface area contributed by atoms with Gasteiger partial charge in [0, 0.05) is 19.1 Å². The molecule has 0 fully saturated rings. The monoisotopic (exact) mass is 250 g/mol. The predicted molar refractivity (Wildman–Crippen MR) is 72.8 cm³/mol. The summed E-state index contributed by atoms with van der Waals surface area (Å²) in [6.45, 7) is 3.40. The highest BCUT2D eigenvalue weighted by molar-refractivity contribution is 5.76. The van der Waals surface area contributed by atoms with E-state index in [1.54, 1.807) is 0 Å². The summed E-state index contributed by atoms with van der Waals surface area (Å²) in [6, 6.07) is 9.62. The Balaban J connectivity index is 2.57. The molecule has 0 aromatic heterocycles. The van der Waals surface area contributed by atoms with Crippen LogP contribution in [-0.4, -0.2) is 49.2 Å². The van der Waals surface area contributed by atoms with Crippen LogP contribution in [0.3, 0.4) is 0 Å². The van der Waals surface area contributed by atoms with Gasteiger partial charge in [-0.1, -0.05) is 30.3 Å². The third-order valence-corrected chi connectivity index (χ3v) is 2.81. The van der Waals surface area contributed by atoms with E-state index in [0.717, 1.165) is 12.1 Å². The molecule has 0 aliphatic rings. The summed E-state index contributed by atoms with van der Waals surface area (Å²) < 4.78 is 0. The van der Waals surface area contributed by atoms with Gasteiger partial charge in [-0.25, -0.2) is 0 Å². The van der Waals surface area contributed by atoms with Crippen molar-refractivity contribution in [1.82, 2.24) is 10.2 Å². The molecular weight excluding hydrogens is 228 g/mol. The molecule has 0 heterocycles. The summed E-state index contributed by atoms with van der Waals surface area (Å²) in [5, 5.41) is 12.5. The first-order valence-corrected chi connectivity index (χ1v) is 6.16. The highest BCUT2D eigenvalue weighted by atomic mass is 16.4. The average Bonchev–Trinajstić information content (AvgIpc) is 2.29. The predicted octanol–water partition coefficient (Wildman–Crippen LogP) is 1.39. The fourth-order valence-electron chi connectivity index (χ4n) is 1.96. The second kappa shape index (κ2) is 7.13. The van der Waals surface area contributed by atoms with Gasteiger partial charge in [-0.15, -0.1) is 0 Å². The number of carboxylic acid groups (broad SMARTS) is 1. The molecular formula is C14H22N2O2. The van der Waals surface area contributed by atoms with Crippen molar-refractivity contribution in [2.75, 3.05) is 27.2 Å². The zero-order chi connectivity index (χ0) is 13.5. The zero-order valence-electron chi connectivity index (χ0n) is 11.3. The summed E-state index contributed by atoms with van der Waals surface area (Å²) in [6.07, 6.45) is 0. The Bertz CT molecular complexity index is 365. The Kier molecular flexibility index (Phi) is 5.82. The number of benzene rings is 1. The van der Waals surface area contributed by atoms with Gasteiger partial charge in [-0.2, -0.15) is 0 Å². The van der Waals surface area contributed by atoms with Crippen LogP contribution in [0.1, 0.15) is 18.4 Å². The van der Waals surface area contributed by atoms with Crippen molar-refractivity contribution in [3.8, 4) is 0 Å². The van der Waals surface area contributed by atoms with Crippen LogP contribution in [0.5, 0.6) is 0 Å². The van der Waals surface area contributed by atoms with E-state index in [9.17, 15) is 9.90 Å². The van der Waals surface area contributed by atoms with Gasteiger partial charge in [0.2, 0.25) is 0 Å². The Morgan fingerprint density at radius 3 is 2.44 bits per heavy atom. The standard InChI is InChI=1S/C14H22N2O2/c1-11(10-16(2)3)15-9-13(14(17)18)12-7-5-4-6-8-12/h4-8,11,13,15H,9-10H2,1-3H3,(H,17,18). The summed E-state index contributed by atoms with van der Waals surface area (Å²) in [5.41, 5.74) is 0.842. The van der Waals surface area contributed by atoms with E-state index in [-0.39, 0.29) is 6.04 Å². The molecule has 18 heavy (non-hydrogen) atoms. The Labute approximate surface area is 109 Å². The number of hydrogen-bond acceptors (Lipinski definition) is 3. The van der Waals surface area contributed by atoms with Crippen LogP contribution in [0.2, 0.25) is 0 Å². The summed E-state index contributed by atoms with van der Waals surface area (Å²) in [4.78, 5) is 13.4. The lowest BCUT2D eigenvalue weighted by atomic mass is 9.99.